The zero-order valence-electron chi connectivity index (χ0n) is 10.5. The lowest BCUT2D eigenvalue weighted by Crippen LogP contribution is -2.29. The highest BCUT2D eigenvalue weighted by atomic mass is 16.4. The molecule has 5 nitrogen and oxygen atoms in total. The Labute approximate surface area is 110 Å². The molecule has 0 radical (unpaired) electrons. The number of amides is 1. The van der Waals surface area contributed by atoms with E-state index in [-0.39, 0.29) is 24.8 Å². The predicted octanol–water partition coefficient (Wildman–Crippen LogP) is 0.919. The summed E-state index contributed by atoms with van der Waals surface area (Å²) in [5, 5.41) is 19.9. The van der Waals surface area contributed by atoms with Crippen molar-refractivity contribution >= 4 is 16.9 Å². The predicted molar refractivity (Wildman–Crippen MR) is 68.9 cm³/mol. The third-order valence-electron chi connectivity index (χ3n) is 3.58. The summed E-state index contributed by atoms with van der Waals surface area (Å²) in [6.45, 7) is 2.11. The van der Waals surface area contributed by atoms with Crippen molar-refractivity contribution < 1.29 is 19.4 Å². The van der Waals surface area contributed by atoms with Crippen LogP contribution in [0.25, 0.3) is 11.0 Å². The number of para-hydroxylation sites is 1. The molecule has 19 heavy (non-hydrogen) atoms. The van der Waals surface area contributed by atoms with E-state index in [4.69, 9.17) is 4.42 Å². The first kappa shape index (κ1) is 12.2. The van der Waals surface area contributed by atoms with Crippen molar-refractivity contribution in [3.05, 3.63) is 35.6 Å². The highest BCUT2D eigenvalue weighted by Gasteiger charge is 2.34. The highest BCUT2D eigenvalue weighted by Crippen LogP contribution is 2.26. The number of rotatable bonds is 1. The van der Waals surface area contributed by atoms with Crippen molar-refractivity contribution in [3.8, 4) is 0 Å². The van der Waals surface area contributed by atoms with Gasteiger partial charge < -0.3 is 19.5 Å². The number of furan rings is 1. The molecule has 2 aromatic rings. The summed E-state index contributed by atoms with van der Waals surface area (Å²) < 4.78 is 5.59. The summed E-state index contributed by atoms with van der Waals surface area (Å²) in [6.07, 6.45) is -1.76. The number of aliphatic hydroxyl groups excluding tert-OH is 2. The lowest BCUT2D eigenvalue weighted by atomic mass is 10.1. The van der Waals surface area contributed by atoms with Gasteiger partial charge in [0, 0.05) is 24.0 Å². The van der Waals surface area contributed by atoms with Crippen molar-refractivity contribution in [2.45, 2.75) is 19.1 Å². The van der Waals surface area contributed by atoms with Crippen molar-refractivity contribution in [2.24, 2.45) is 0 Å². The molecule has 2 atom stereocenters. The largest absolute Gasteiger partial charge is 0.451 e. The van der Waals surface area contributed by atoms with Crippen LogP contribution in [0.15, 0.2) is 28.7 Å². The summed E-state index contributed by atoms with van der Waals surface area (Å²) in [5.41, 5.74) is 1.46. The van der Waals surface area contributed by atoms with Crippen LogP contribution >= 0.6 is 0 Å². The average molecular weight is 261 g/mol. The second-order valence-corrected chi connectivity index (χ2v) is 4.90. The number of fused-ring (bicyclic) bond motifs is 1. The molecule has 1 fully saturated rings. The Balaban J connectivity index is 1.96. The first-order valence-corrected chi connectivity index (χ1v) is 6.21. The second-order valence-electron chi connectivity index (χ2n) is 4.90. The van der Waals surface area contributed by atoms with Gasteiger partial charge in [-0.05, 0) is 13.0 Å². The molecule has 1 aromatic carbocycles. The molecule has 1 aliphatic heterocycles. The topological polar surface area (TPSA) is 73.9 Å². The fourth-order valence-electron chi connectivity index (χ4n) is 2.46. The maximum atomic E-state index is 12.3. The fraction of sp³-hybridized carbons (Fsp3) is 0.357. The van der Waals surface area contributed by atoms with Gasteiger partial charge in [0.05, 0.1) is 12.2 Å². The number of likely N-dealkylation sites (tertiary alicyclic amines) is 1. The Morgan fingerprint density at radius 1 is 1.26 bits per heavy atom. The molecule has 1 saturated heterocycles. The zero-order valence-corrected chi connectivity index (χ0v) is 10.5. The van der Waals surface area contributed by atoms with E-state index in [2.05, 4.69) is 0 Å². The lowest BCUT2D eigenvalue weighted by Gasteiger charge is -2.13. The summed E-state index contributed by atoms with van der Waals surface area (Å²) in [7, 11) is 0. The Bertz CT molecular complexity index is 623. The molecule has 2 heterocycles. The second kappa shape index (κ2) is 4.36. The van der Waals surface area contributed by atoms with Crippen LogP contribution < -0.4 is 0 Å². The first-order chi connectivity index (χ1) is 9.08. The molecular formula is C14H15NO4. The normalized spacial score (nSPS) is 23.2. The molecule has 0 spiro atoms. The molecule has 1 amide bonds. The van der Waals surface area contributed by atoms with Gasteiger partial charge in [-0.25, -0.2) is 0 Å². The number of carbonyl (C=O) groups excluding carboxylic acids is 1. The van der Waals surface area contributed by atoms with E-state index < -0.39 is 12.2 Å². The summed E-state index contributed by atoms with van der Waals surface area (Å²) in [6, 6.07) is 7.46. The van der Waals surface area contributed by atoms with Crippen molar-refractivity contribution in [3.63, 3.8) is 0 Å². The number of aliphatic hydroxyl groups is 2. The highest BCUT2D eigenvalue weighted by molar-refractivity contribution is 5.99. The van der Waals surface area contributed by atoms with E-state index in [0.717, 1.165) is 10.9 Å². The quantitative estimate of drug-likeness (QED) is 0.800. The van der Waals surface area contributed by atoms with Gasteiger partial charge in [0.15, 0.2) is 5.76 Å². The van der Waals surface area contributed by atoms with Gasteiger partial charge >= 0.3 is 0 Å². The minimum absolute atomic E-state index is 0.135. The van der Waals surface area contributed by atoms with E-state index in [1.807, 2.05) is 31.2 Å². The molecule has 5 heteroatoms. The molecule has 3 rings (SSSR count). The molecule has 1 aliphatic rings. The maximum Gasteiger partial charge on any atom is 0.290 e. The van der Waals surface area contributed by atoms with Gasteiger partial charge in [-0.3, -0.25) is 4.79 Å². The van der Waals surface area contributed by atoms with Crippen LogP contribution in [-0.2, 0) is 0 Å². The standard InChI is InChI=1S/C14H15NO4/c1-8-9-4-2-3-5-12(9)19-13(8)14(18)15-6-10(16)11(17)7-15/h2-5,10-11,16-17H,6-7H2,1H3. The van der Waals surface area contributed by atoms with E-state index in [1.54, 1.807) is 0 Å². The molecule has 2 N–H and O–H groups in total. The number of β-amino-alcohol motifs (C(OH)–C–C–N with tert-alkyl or cyclic N) is 2. The van der Waals surface area contributed by atoms with Crippen LogP contribution in [0.3, 0.4) is 0 Å². The smallest absolute Gasteiger partial charge is 0.290 e. The minimum atomic E-state index is -0.881. The van der Waals surface area contributed by atoms with Gasteiger partial charge in [0.25, 0.3) is 5.91 Å². The lowest BCUT2D eigenvalue weighted by molar-refractivity contribution is 0.0572. The van der Waals surface area contributed by atoms with Gasteiger partial charge in [0.1, 0.15) is 5.58 Å². The van der Waals surface area contributed by atoms with E-state index in [0.29, 0.717) is 5.58 Å². The summed E-state index contributed by atoms with van der Waals surface area (Å²) >= 11 is 0. The number of nitrogens with zero attached hydrogens (tertiary/aromatic N) is 1. The number of carbonyl (C=O) groups is 1. The maximum absolute atomic E-state index is 12.3. The molecule has 0 aliphatic carbocycles. The van der Waals surface area contributed by atoms with Crippen molar-refractivity contribution in [2.75, 3.05) is 13.1 Å². The van der Waals surface area contributed by atoms with Gasteiger partial charge in [-0.2, -0.15) is 0 Å². The molecule has 1 aromatic heterocycles. The Morgan fingerprint density at radius 2 is 1.89 bits per heavy atom. The first-order valence-electron chi connectivity index (χ1n) is 6.21. The van der Waals surface area contributed by atoms with Crippen LogP contribution in [0.1, 0.15) is 16.1 Å². The Hall–Kier alpha value is -1.85. The molecule has 100 valence electrons. The minimum Gasteiger partial charge on any atom is -0.451 e. The molecule has 0 saturated carbocycles. The molecular weight excluding hydrogens is 246 g/mol. The zero-order chi connectivity index (χ0) is 13.6. The van der Waals surface area contributed by atoms with E-state index in [9.17, 15) is 15.0 Å². The Kier molecular flexibility index (Phi) is 2.80. The number of aryl methyl sites for hydroxylation is 1. The Morgan fingerprint density at radius 3 is 2.53 bits per heavy atom. The summed E-state index contributed by atoms with van der Waals surface area (Å²) in [5.74, 6) is -0.00759. The van der Waals surface area contributed by atoms with Crippen LogP contribution in [0.4, 0.5) is 0 Å². The number of benzene rings is 1. The monoisotopic (exact) mass is 261 g/mol. The van der Waals surface area contributed by atoms with Crippen LogP contribution in [-0.4, -0.2) is 46.3 Å². The van der Waals surface area contributed by atoms with Crippen LogP contribution in [0.5, 0.6) is 0 Å². The van der Waals surface area contributed by atoms with Gasteiger partial charge in [-0.15, -0.1) is 0 Å². The third kappa shape index (κ3) is 1.91. The SMILES string of the molecule is Cc1c(C(=O)N2CC(O)C(O)C2)oc2ccccc12. The number of hydrogen-bond acceptors (Lipinski definition) is 4. The van der Waals surface area contributed by atoms with Crippen LogP contribution in [0, 0.1) is 6.92 Å². The fourth-order valence-corrected chi connectivity index (χ4v) is 2.46. The molecule has 0 bridgehead atoms. The van der Waals surface area contributed by atoms with Crippen molar-refractivity contribution in [1.82, 2.24) is 4.90 Å². The third-order valence-corrected chi connectivity index (χ3v) is 3.58. The summed E-state index contributed by atoms with van der Waals surface area (Å²) in [4.78, 5) is 13.8. The average Bonchev–Trinajstić information content (AvgIpc) is 2.91. The van der Waals surface area contributed by atoms with E-state index in [1.165, 1.54) is 4.90 Å². The van der Waals surface area contributed by atoms with E-state index >= 15 is 0 Å². The van der Waals surface area contributed by atoms with Gasteiger partial charge in [-0.1, -0.05) is 18.2 Å². The number of hydrogen-bond donors (Lipinski definition) is 2. The van der Waals surface area contributed by atoms with Gasteiger partial charge in [0.2, 0.25) is 0 Å². The molecule has 2 unspecified atom stereocenters. The van der Waals surface area contributed by atoms with Crippen LogP contribution in [0.2, 0.25) is 0 Å². The van der Waals surface area contributed by atoms with Crippen molar-refractivity contribution in [1.29, 1.82) is 0 Å².